The van der Waals surface area contributed by atoms with Crippen molar-refractivity contribution in [2.45, 2.75) is 12.8 Å². The summed E-state index contributed by atoms with van der Waals surface area (Å²) < 4.78 is 0. The summed E-state index contributed by atoms with van der Waals surface area (Å²) in [7, 11) is 0. The Morgan fingerprint density at radius 2 is 2.08 bits per heavy atom. The number of para-hydroxylation sites is 1. The van der Waals surface area contributed by atoms with Gasteiger partial charge in [0, 0.05) is 6.21 Å². The molecular weight excluding hydrogens is 148 g/mol. The Bertz CT molecular complexity index is 339. The van der Waals surface area contributed by atoms with Crippen molar-refractivity contribution >= 4 is 17.6 Å². The lowest BCUT2D eigenvalue weighted by molar-refractivity contribution is 1.02. The van der Waals surface area contributed by atoms with Gasteiger partial charge in [-0.1, -0.05) is 18.2 Å². The van der Waals surface area contributed by atoms with Crippen molar-refractivity contribution < 1.29 is 0 Å². The van der Waals surface area contributed by atoms with Gasteiger partial charge in [-0.15, -0.1) is 0 Å². The van der Waals surface area contributed by atoms with E-state index in [-0.39, 0.29) is 0 Å². The molecule has 2 nitrogen and oxygen atoms in total. The summed E-state index contributed by atoms with van der Waals surface area (Å²) in [5, 5.41) is 7.08. The Labute approximate surface area is 71.5 Å². The Balaban J connectivity index is 2.47. The van der Waals surface area contributed by atoms with Gasteiger partial charge in [0.1, 0.15) is 0 Å². The molecule has 0 amide bonds. The van der Waals surface area contributed by atoms with Crippen molar-refractivity contribution in [1.82, 2.24) is 0 Å². The van der Waals surface area contributed by atoms with E-state index in [1.54, 1.807) is 0 Å². The molecule has 1 N–H and O–H groups in total. The van der Waals surface area contributed by atoms with Crippen LogP contribution in [0, 0.1) is 5.41 Å². The van der Waals surface area contributed by atoms with Crippen LogP contribution in [0.5, 0.6) is 0 Å². The highest BCUT2D eigenvalue weighted by atomic mass is 14.8. The fourth-order valence-electron chi connectivity index (χ4n) is 1.41. The summed E-state index contributed by atoms with van der Waals surface area (Å²) in [6.07, 6.45) is 3.26. The fraction of sp³-hybridized carbons (Fsp3) is 0.200. The molecule has 2 heteroatoms. The third kappa shape index (κ3) is 1.16. The highest BCUT2D eigenvalue weighted by Crippen LogP contribution is 2.24. The Kier molecular flexibility index (Phi) is 1.74. The van der Waals surface area contributed by atoms with Crippen LogP contribution in [-0.2, 0) is 6.42 Å². The summed E-state index contributed by atoms with van der Waals surface area (Å²) in [4.78, 5) is 4.34. The van der Waals surface area contributed by atoms with Crippen LogP contribution >= 0.6 is 0 Å². The summed E-state index contributed by atoms with van der Waals surface area (Å²) in [5.74, 6) is 0. The number of rotatable bonds is 1. The van der Waals surface area contributed by atoms with Gasteiger partial charge in [0.15, 0.2) is 0 Å². The summed E-state index contributed by atoms with van der Waals surface area (Å²) in [6, 6.07) is 8.11. The number of benzene rings is 1. The van der Waals surface area contributed by atoms with Crippen LogP contribution < -0.4 is 0 Å². The first-order chi connectivity index (χ1) is 5.90. The molecule has 0 fully saturated rings. The summed E-state index contributed by atoms with van der Waals surface area (Å²) in [5.41, 5.74) is 3.21. The minimum atomic E-state index is 0.883. The lowest BCUT2D eigenvalue weighted by Gasteiger charge is -2.11. The first-order valence-corrected chi connectivity index (χ1v) is 4.06. The third-order valence-corrected chi connectivity index (χ3v) is 2.07. The van der Waals surface area contributed by atoms with E-state index < -0.39 is 0 Å². The molecule has 0 spiro atoms. The number of fused-ring (bicyclic) bond motifs is 1. The van der Waals surface area contributed by atoms with Crippen LogP contribution in [0.4, 0.5) is 5.69 Å². The second kappa shape index (κ2) is 2.89. The van der Waals surface area contributed by atoms with Gasteiger partial charge in [0.25, 0.3) is 0 Å². The predicted octanol–water partition coefficient (Wildman–Crippen LogP) is 2.35. The van der Waals surface area contributed by atoms with E-state index in [2.05, 4.69) is 11.1 Å². The largest absolute Gasteiger partial charge is 0.307 e. The average Bonchev–Trinajstić information content (AvgIpc) is 2.17. The van der Waals surface area contributed by atoms with Gasteiger partial charge in [-0.05, 0) is 24.5 Å². The molecule has 1 aliphatic rings. The molecule has 1 aliphatic heterocycles. The van der Waals surface area contributed by atoms with Crippen LogP contribution in [0.3, 0.4) is 0 Å². The molecule has 0 bridgehead atoms. The van der Waals surface area contributed by atoms with Crippen molar-refractivity contribution in [3.05, 3.63) is 29.8 Å². The average molecular weight is 158 g/mol. The highest BCUT2D eigenvalue weighted by Gasteiger charge is 2.08. The molecule has 0 unspecified atom stereocenters. The number of hydrogen-bond donors (Lipinski definition) is 1. The predicted molar refractivity (Wildman–Crippen MR) is 50.6 cm³/mol. The van der Waals surface area contributed by atoms with Gasteiger partial charge in [-0.2, -0.15) is 0 Å². The van der Waals surface area contributed by atoms with E-state index in [1.165, 1.54) is 11.8 Å². The van der Waals surface area contributed by atoms with Gasteiger partial charge < -0.3 is 5.41 Å². The zero-order valence-corrected chi connectivity index (χ0v) is 6.75. The number of nitrogens with zero attached hydrogens (tertiary/aromatic N) is 1. The van der Waals surface area contributed by atoms with Crippen LogP contribution in [-0.4, -0.2) is 11.9 Å². The molecule has 2 rings (SSSR count). The zero-order valence-electron chi connectivity index (χ0n) is 6.75. The number of nitrogens with one attached hydrogen (secondary N) is 1. The smallest absolute Gasteiger partial charge is 0.0665 e. The van der Waals surface area contributed by atoms with Crippen molar-refractivity contribution in [3.63, 3.8) is 0 Å². The monoisotopic (exact) mass is 158 g/mol. The molecule has 60 valence electrons. The fourth-order valence-corrected chi connectivity index (χ4v) is 1.41. The first kappa shape index (κ1) is 7.22. The lowest BCUT2D eigenvalue weighted by atomic mass is 10.0. The number of aliphatic imine (C=N–C) groups is 1. The van der Waals surface area contributed by atoms with Crippen LogP contribution in [0.25, 0.3) is 0 Å². The molecule has 0 saturated carbocycles. The van der Waals surface area contributed by atoms with Crippen molar-refractivity contribution in [1.29, 1.82) is 5.41 Å². The topological polar surface area (TPSA) is 36.2 Å². The normalized spacial score (nSPS) is 14.8. The molecule has 0 radical (unpaired) electrons. The van der Waals surface area contributed by atoms with E-state index in [0.29, 0.717) is 0 Å². The van der Waals surface area contributed by atoms with Gasteiger partial charge in [-0.3, -0.25) is 4.99 Å². The van der Waals surface area contributed by atoms with Gasteiger partial charge in [0.2, 0.25) is 0 Å². The zero-order chi connectivity index (χ0) is 8.39. The quantitative estimate of drug-likeness (QED) is 0.609. The molecule has 0 saturated heterocycles. The van der Waals surface area contributed by atoms with Crippen LogP contribution in [0.1, 0.15) is 12.0 Å². The van der Waals surface area contributed by atoms with Crippen molar-refractivity contribution in [3.8, 4) is 0 Å². The maximum atomic E-state index is 7.08. The van der Waals surface area contributed by atoms with E-state index in [0.717, 1.165) is 24.2 Å². The Morgan fingerprint density at radius 3 is 2.92 bits per heavy atom. The van der Waals surface area contributed by atoms with Gasteiger partial charge in [0.05, 0.1) is 11.4 Å². The van der Waals surface area contributed by atoms with Crippen LogP contribution in [0.2, 0.25) is 0 Å². The molecular formula is C10H10N2. The lowest BCUT2D eigenvalue weighted by Crippen LogP contribution is -2.05. The maximum absolute atomic E-state index is 7.08. The molecule has 0 aliphatic carbocycles. The second-order valence-electron chi connectivity index (χ2n) is 2.88. The van der Waals surface area contributed by atoms with E-state index in [4.69, 9.17) is 5.41 Å². The minimum absolute atomic E-state index is 0.883. The van der Waals surface area contributed by atoms with E-state index in [1.807, 2.05) is 18.2 Å². The molecule has 1 aromatic rings. The standard InChI is InChI=1S/C10H10N2/c11-7-9-6-5-8-3-1-2-4-10(8)12-9/h1-4,7,11H,5-6H2. The number of hydrogen-bond acceptors (Lipinski definition) is 2. The molecule has 1 heterocycles. The van der Waals surface area contributed by atoms with Crippen molar-refractivity contribution in [2.75, 3.05) is 0 Å². The number of aryl methyl sites for hydroxylation is 1. The summed E-state index contributed by atoms with van der Waals surface area (Å²) in [6.45, 7) is 0. The van der Waals surface area contributed by atoms with Crippen molar-refractivity contribution in [2.24, 2.45) is 4.99 Å². The maximum Gasteiger partial charge on any atom is 0.0665 e. The first-order valence-electron chi connectivity index (χ1n) is 4.06. The highest BCUT2D eigenvalue weighted by molar-refractivity contribution is 6.30. The Morgan fingerprint density at radius 1 is 1.25 bits per heavy atom. The molecule has 12 heavy (non-hydrogen) atoms. The minimum Gasteiger partial charge on any atom is -0.307 e. The molecule has 0 atom stereocenters. The van der Waals surface area contributed by atoms with E-state index in [9.17, 15) is 0 Å². The Hall–Kier alpha value is -1.44. The molecule has 0 aromatic heterocycles. The molecule has 1 aromatic carbocycles. The van der Waals surface area contributed by atoms with Gasteiger partial charge >= 0.3 is 0 Å². The van der Waals surface area contributed by atoms with E-state index >= 15 is 0 Å². The second-order valence-corrected chi connectivity index (χ2v) is 2.88. The van der Waals surface area contributed by atoms with Gasteiger partial charge in [-0.25, -0.2) is 0 Å². The third-order valence-electron chi connectivity index (χ3n) is 2.07. The van der Waals surface area contributed by atoms with Crippen LogP contribution in [0.15, 0.2) is 29.3 Å². The SMILES string of the molecule is N=CC1=Nc2ccccc2CC1. The summed E-state index contributed by atoms with van der Waals surface area (Å²) >= 11 is 0.